The van der Waals surface area contributed by atoms with Gasteiger partial charge < -0.3 is 15.7 Å². The predicted molar refractivity (Wildman–Crippen MR) is 68.8 cm³/mol. The third-order valence-corrected chi connectivity index (χ3v) is 3.03. The van der Waals surface area contributed by atoms with Gasteiger partial charge in [-0.15, -0.1) is 0 Å². The van der Waals surface area contributed by atoms with Crippen molar-refractivity contribution >= 4 is 17.7 Å². The monoisotopic (exact) mass is 310 g/mol. The van der Waals surface area contributed by atoms with E-state index in [0.29, 0.717) is 5.56 Å². The van der Waals surface area contributed by atoms with Crippen LogP contribution in [0.4, 0.5) is 18.0 Å². The van der Waals surface area contributed by atoms with Gasteiger partial charge in [-0.25, -0.2) is 4.79 Å². The summed E-state index contributed by atoms with van der Waals surface area (Å²) in [5.74, 6) is 0. The maximum absolute atomic E-state index is 12.7. The molecule has 112 valence electrons. The Balaban J connectivity index is 2.67. The normalized spacial score (nSPS) is 13.1. The van der Waals surface area contributed by atoms with Crippen LogP contribution < -0.4 is 10.6 Å². The van der Waals surface area contributed by atoms with Crippen LogP contribution in [0.25, 0.3) is 0 Å². The number of hydrogen-bond acceptors (Lipinski definition) is 2. The van der Waals surface area contributed by atoms with Crippen molar-refractivity contribution in [1.29, 1.82) is 0 Å². The van der Waals surface area contributed by atoms with Gasteiger partial charge >= 0.3 is 12.3 Å². The second-order valence-corrected chi connectivity index (χ2v) is 4.62. The molecule has 0 heterocycles. The van der Waals surface area contributed by atoms with Crippen LogP contribution in [0.1, 0.15) is 18.1 Å². The Morgan fingerprint density at radius 2 is 2.10 bits per heavy atom. The van der Waals surface area contributed by atoms with Crippen molar-refractivity contribution < 1.29 is 23.1 Å². The van der Waals surface area contributed by atoms with Gasteiger partial charge in [-0.2, -0.15) is 13.2 Å². The van der Waals surface area contributed by atoms with Gasteiger partial charge in [0.05, 0.1) is 10.6 Å². The second-order valence-electron chi connectivity index (χ2n) is 4.24. The van der Waals surface area contributed by atoms with Crippen molar-refractivity contribution in [3.63, 3.8) is 0 Å². The molecule has 1 atom stereocenters. The lowest BCUT2D eigenvalue weighted by Gasteiger charge is -2.16. The summed E-state index contributed by atoms with van der Waals surface area (Å²) in [5.41, 5.74) is -0.571. The minimum absolute atomic E-state index is 0.116. The zero-order valence-electron chi connectivity index (χ0n) is 10.6. The molecule has 1 amide bonds. The Morgan fingerprint density at radius 3 is 2.65 bits per heavy atom. The van der Waals surface area contributed by atoms with Gasteiger partial charge in [0.1, 0.15) is 0 Å². The standard InChI is InChI=1S/C12H14ClF3N2O2/c1-7(5-18-11(19)20)17-6-8-3-2-4-9(10(8)13)12(14,15)16/h2-4,7,17-18H,5-6H2,1H3,(H,19,20). The second kappa shape index (κ2) is 6.81. The van der Waals surface area contributed by atoms with Gasteiger partial charge in [-0.1, -0.05) is 23.7 Å². The van der Waals surface area contributed by atoms with Gasteiger partial charge in [0, 0.05) is 19.1 Å². The molecule has 0 aliphatic rings. The van der Waals surface area contributed by atoms with E-state index < -0.39 is 17.8 Å². The number of benzene rings is 1. The fourth-order valence-corrected chi connectivity index (χ4v) is 1.83. The van der Waals surface area contributed by atoms with Crippen molar-refractivity contribution in [2.75, 3.05) is 6.54 Å². The number of rotatable bonds is 5. The number of nitrogens with one attached hydrogen (secondary N) is 2. The third kappa shape index (κ3) is 4.90. The van der Waals surface area contributed by atoms with Crippen molar-refractivity contribution in [1.82, 2.24) is 10.6 Å². The average molecular weight is 311 g/mol. The molecule has 8 heteroatoms. The maximum atomic E-state index is 12.7. The topological polar surface area (TPSA) is 61.4 Å². The molecule has 0 saturated carbocycles. The molecule has 0 fully saturated rings. The molecular formula is C12H14ClF3N2O2. The smallest absolute Gasteiger partial charge is 0.417 e. The van der Waals surface area contributed by atoms with Crippen LogP contribution in [0.15, 0.2) is 18.2 Å². The number of hydrogen-bond donors (Lipinski definition) is 3. The van der Waals surface area contributed by atoms with Crippen molar-refractivity contribution in [3.05, 3.63) is 34.3 Å². The Bertz CT molecular complexity index is 480. The first-order valence-corrected chi connectivity index (χ1v) is 6.14. The van der Waals surface area contributed by atoms with E-state index in [2.05, 4.69) is 10.6 Å². The largest absolute Gasteiger partial charge is 0.465 e. The van der Waals surface area contributed by atoms with Gasteiger partial charge in [0.2, 0.25) is 0 Å². The van der Waals surface area contributed by atoms with E-state index in [0.717, 1.165) is 6.07 Å². The van der Waals surface area contributed by atoms with Crippen molar-refractivity contribution in [2.24, 2.45) is 0 Å². The van der Waals surface area contributed by atoms with Crippen LogP contribution >= 0.6 is 11.6 Å². The van der Waals surface area contributed by atoms with E-state index in [1.807, 2.05) is 0 Å². The van der Waals surface area contributed by atoms with Crippen LogP contribution in [-0.4, -0.2) is 23.8 Å². The molecule has 1 rings (SSSR count). The Kier molecular flexibility index (Phi) is 5.64. The lowest BCUT2D eigenvalue weighted by molar-refractivity contribution is -0.137. The highest BCUT2D eigenvalue weighted by Crippen LogP contribution is 2.36. The summed E-state index contributed by atoms with van der Waals surface area (Å²) in [7, 11) is 0. The highest BCUT2D eigenvalue weighted by Gasteiger charge is 2.33. The number of alkyl halides is 3. The molecule has 0 spiro atoms. The SMILES string of the molecule is CC(CNC(=O)O)NCc1cccc(C(F)(F)F)c1Cl. The van der Waals surface area contributed by atoms with Crippen LogP contribution in [-0.2, 0) is 12.7 Å². The lowest BCUT2D eigenvalue weighted by Crippen LogP contribution is -2.38. The molecule has 3 N–H and O–H groups in total. The first kappa shape index (κ1) is 16.6. The number of carbonyl (C=O) groups is 1. The minimum atomic E-state index is -4.50. The molecule has 1 aromatic carbocycles. The first-order chi connectivity index (χ1) is 9.21. The summed E-state index contributed by atoms with van der Waals surface area (Å²) >= 11 is 5.73. The summed E-state index contributed by atoms with van der Waals surface area (Å²) in [6, 6.07) is 3.45. The van der Waals surface area contributed by atoms with E-state index in [9.17, 15) is 18.0 Å². The van der Waals surface area contributed by atoms with E-state index in [4.69, 9.17) is 16.7 Å². The third-order valence-electron chi connectivity index (χ3n) is 2.58. The van der Waals surface area contributed by atoms with Crippen LogP contribution in [0.3, 0.4) is 0 Å². The number of amides is 1. The lowest BCUT2D eigenvalue weighted by atomic mass is 10.1. The highest BCUT2D eigenvalue weighted by atomic mass is 35.5. The Labute approximate surface area is 118 Å². The Hall–Kier alpha value is -1.47. The number of halogens is 4. The molecule has 4 nitrogen and oxygen atoms in total. The van der Waals surface area contributed by atoms with E-state index >= 15 is 0 Å². The molecule has 0 aromatic heterocycles. The van der Waals surface area contributed by atoms with Gasteiger partial charge in [-0.3, -0.25) is 0 Å². The molecule has 1 unspecified atom stereocenters. The quantitative estimate of drug-likeness (QED) is 0.783. The van der Waals surface area contributed by atoms with Crippen molar-refractivity contribution in [2.45, 2.75) is 25.7 Å². The molecule has 0 radical (unpaired) electrons. The van der Waals surface area contributed by atoms with Gasteiger partial charge in [0.15, 0.2) is 0 Å². The summed E-state index contributed by atoms with van der Waals surface area (Å²) in [4.78, 5) is 10.3. The van der Waals surface area contributed by atoms with Crippen LogP contribution in [0, 0.1) is 0 Å². The fourth-order valence-electron chi connectivity index (χ4n) is 1.53. The zero-order chi connectivity index (χ0) is 15.3. The molecule has 0 aliphatic carbocycles. The van der Waals surface area contributed by atoms with Crippen molar-refractivity contribution in [3.8, 4) is 0 Å². The minimum Gasteiger partial charge on any atom is -0.465 e. The number of carboxylic acid groups (broad SMARTS) is 1. The molecule has 0 aliphatic heterocycles. The van der Waals surface area contributed by atoms with Crippen LogP contribution in [0.5, 0.6) is 0 Å². The predicted octanol–water partition coefficient (Wildman–Crippen LogP) is 3.10. The summed E-state index contributed by atoms with van der Waals surface area (Å²) in [6.45, 7) is 1.97. The molecular weight excluding hydrogens is 297 g/mol. The summed E-state index contributed by atoms with van der Waals surface area (Å²) in [6.07, 6.45) is -5.65. The van der Waals surface area contributed by atoms with E-state index in [1.165, 1.54) is 12.1 Å². The fraction of sp³-hybridized carbons (Fsp3) is 0.417. The molecule has 0 saturated heterocycles. The highest BCUT2D eigenvalue weighted by molar-refractivity contribution is 6.32. The molecule has 1 aromatic rings. The summed E-state index contributed by atoms with van der Waals surface area (Å²) < 4.78 is 38.0. The van der Waals surface area contributed by atoms with Gasteiger partial charge in [-0.05, 0) is 18.6 Å². The van der Waals surface area contributed by atoms with E-state index in [-0.39, 0.29) is 24.2 Å². The van der Waals surface area contributed by atoms with Crippen LogP contribution in [0.2, 0.25) is 5.02 Å². The first-order valence-electron chi connectivity index (χ1n) is 5.76. The van der Waals surface area contributed by atoms with Gasteiger partial charge in [0.25, 0.3) is 0 Å². The molecule has 0 bridgehead atoms. The maximum Gasteiger partial charge on any atom is 0.417 e. The zero-order valence-corrected chi connectivity index (χ0v) is 11.3. The average Bonchev–Trinajstić information content (AvgIpc) is 2.33. The Morgan fingerprint density at radius 1 is 1.45 bits per heavy atom. The summed E-state index contributed by atoms with van der Waals surface area (Å²) in [5, 5.41) is 13.2. The molecule has 20 heavy (non-hydrogen) atoms. The van der Waals surface area contributed by atoms with E-state index in [1.54, 1.807) is 6.92 Å².